The van der Waals surface area contributed by atoms with E-state index in [4.69, 9.17) is 0 Å². The van der Waals surface area contributed by atoms with Crippen LogP contribution >= 0.6 is 0 Å². The van der Waals surface area contributed by atoms with E-state index in [1.165, 1.54) is 6.07 Å². The second-order valence-electron chi connectivity index (χ2n) is 8.87. The van der Waals surface area contributed by atoms with Crippen LogP contribution in [0.5, 0.6) is 0 Å². The number of hydrogen-bond donors (Lipinski definition) is 1. The fourth-order valence-corrected chi connectivity index (χ4v) is 5.22. The number of aromatic nitrogens is 1. The Labute approximate surface area is 167 Å². The van der Waals surface area contributed by atoms with Crippen molar-refractivity contribution < 1.29 is 22.4 Å². The van der Waals surface area contributed by atoms with E-state index < -0.39 is 23.6 Å². The minimum Gasteiger partial charge on any atom is -0.356 e. The van der Waals surface area contributed by atoms with Gasteiger partial charge in [0.25, 0.3) is 0 Å². The average molecular weight is 414 g/mol. The second-order valence-corrected chi connectivity index (χ2v) is 8.87. The van der Waals surface area contributed by atoms with Crippen molar-refractivity contribution in [3.8, 4) is 0 Å². The highest BCUT2D eigenvalue weighted by molar-refractivity contribution is 5.76. The van der Waals surface area contributed by atoms with E-state index in [2.05, 4.69) is 10.3 Å². The number of nitrogens with zero attached hydrogens (tertiary/aromatic N) is 3. The van der Waals surface area contributed by atoms with Crippen molar-refractivity contribution in [2.75, 3.05) is 24.5 Å². The largest absolute Gasteiger partial charge is 0.433 e. The molecular weight excluding hydrogens is 388 g/mol. The number of halogens is 4. The Morgan fingerprint density at radius 3 is 2.69 bits per heavy atom. The second kappa shape index (κ2) is 7.02. The van der Waals surface area contributed by atoms with E-state index in [-0.39, 0.29) is 30.5 Å². The molecule has 3 fully saturated rings. The molecule has 1 aliphatic carbocycles. The summed E-state index contributed by atoms with van der Waals surface area (Å²) in [7, 11) is 0. The number of carbonyl (C=O) groups excluding carboxylic acids is 1. The number of nitrogens with one attached hydrogen (secondary N) is 1. The van der Waals surface area contributed by atoms with Crippen LogP contribution in [-0.2, 0) is 6.18 Å². The number of anilines is 1. The molecule has 4 rings (SSSR count). The molecule has 5 atom stereocenters. The zero-order valence-electron chi connectivity index (χ0n) is 16.5. The lowest BCUT2D eigenvalue weighted by Gasteiger charge is -2.35. The smallest absolute Gasteiger partial charge is 0.356 e. The fraction of sp³-hybridized carbons (Fsp3) is 0.700. The zero-order chi connectivity index (χ0) is 21.0. The third-order valence-corrected chi connectivity index (χ3v) is 6.82. The summed E-state index contributed by atoms with van der Waals surface area (Å²) < 4.78 is 52.6. The number of urea groups is 1. The first-order valence-electron chi connectivity index (χ1n) is 10.1. The molecule has 3 aliphatic rings. The number of fused-ring (bicyclic) bond motifs is 1. The van der Waals surface area contributed by atoms with Crippen LogP contribution in [0, 0.1) is 11.8 Å². The number of hydrogen-bond acceptors (Lipinski definition) is 3. The molecular formula is C20H26F4N4O. The van der Waals surface area contributed by atoms with Gasteiger partial charge < -0.3 is 15.1 Å². The van der Waals surface area contributed by atoms with E-state index in [1.54, 1.807) is 11.0 Å². The topological polar surface area (TPSA) is 48.5 Å². The standard InChI is InChI=1S/C20H26F4N4O/c1-12-8-14(21)10-28(12)18(29)26-19(2)7-6-13-9-27(11-15(13)19)17-5-3-4-16(25-17)20(22,23)24/h3-5,12-15H,6-11H2,1-2H3,(H,26,29)/t12?,13-,14-,15+,19+/m1/s1. The number of amides is 2. The Hall–Kier alpha value is -2.06. The molecule has 1 aromatic heterocycles. The zero-order valence-corrected chi connectivity index (χ0v) is 16.5. The molecule has 1 N–H and O–H groups in total. The summed E-state index contributed by atoms with van der Waals surface area (Å²) in [4.78, 5) is 20.0. The first-order chi connectivity index (χ1) is 13.6. The molecule has 160 valence electrons. The van der Waals surface area contributed by atoms with E-state index in [9.17, 15) is 22.4 Å². The van der Waals surface area contributed by atoms with Crippen LogP contribution in [0.15, 0.2) is 18.2 Å². The minimum absolute atomic E-state index is 0.109. The molecule has 2 amide bonds. The van der Waals surface area contributed by atoms with Gasteiger partial charge in [0.15, 0.2) is 0 Å². The minimum atomic E-state index is -4.48. The van der Waals surface area contributed by atoms with Crippen molar-refractivity contribution in [3.05, 3.63) is 23.9 Å². The third kappa shape index (κ3) is 3.75. The molecule has 1 unspecified atom stereocenters. The Bertz CT molecular complexity index is 788. The highest BCUT2D eigenvalue weighted by atomic mass is 19.4. The van der Waals surface area contributed by atoms with Crippen molar-refractivity contribution in [1.29, 1.82) is 0 Å². The average Bonchev–Trinajstić information content (AvgIpc) is 3.30. The molecule has 2 saturated heterocycles. The van der Waals surface area contributed by atoms with E-state index in [1.807, 2.05) is 18.7 Å². The van der Waals surface area contributed by atoms with Gasteiger partial charge in [-0.2, -0.15) is 13.2 Å². The molecule has 5 nitrogen and oxygen atoms in total. The van der Waals surface area contributed by atoms with Gasteiger partial charge in [-0.25, -0.2) is 14.2 Å². The van der Waals surface area contributed by atoms with Gasteiger partial charge in [-0.3, -0.25) is 0 Å². The maximum atomic E-state index is 13.6. The molecule has 0 aromatic carbocycles. The molecule has 0 spiro atoms. The lowest BCUT2D eigenvalue weighted by Crippen LogP contribution is -2.55. The Morgan fingerprint density at radius 1 is 1.28 bits per heavy atom. The Balaban J connectivity index is 1.46. The van der Waals surface area contributed by atoms with Crippen molar-refractivity contribution >= 4 is 11.8 Å². The summed E-state index contributed by atoms with van der Waals surface area (Å²) in [6, 6.07) is 3.55. The molecule has 1 aromatic rings. The van der Waals surface area contributed by atoms with Gasteiger partial charge in [0.1, 0.15) is 17.7 Å². The van der Waals surface area contributed by atoms with Crippen molar-refractivity contribution in [1.82, 2.24) is 15.2 Å². The Kier molecular flexibility index (Phi) is 4.90. The van der Waals surface area contributed by atoms with Gasteiger partial charge >= 0.3 is 12.2 Å². The van der Waals surface area contributed by atoms with Gasteiger partial charge in [0, 0.05) is 37.0 Å². The van der Waals surface area contributed by atoms with Gasteiger partial charge in [-0.15, -0.1) is 0 Å². The molecule has 1 saturated carbocycles. The van der Waals surface area contributed by atoms with Gasteiger partial charge in [-0.05, 0) is 44.7 Å². The maximum Gasteiger partial charge on any atom is 0.433 e. The lowest BCUT2D eigenvalue weighted by molar-refractivity contribution is -0.141. The summed E-state index contributed by atoms with van der Waals surface area (Å²) in [5.74, 6) is 0.708. The first kappa shape index (κ1) is 20.2. The summed E-state index contributed by atoms with van der Waals surface area (Å²) in [6.45, 7) is 5.10. The van der Waals surface area contributed by atoms with Crippen LogP contribution < -0.4 is 10.2 Å². The fourth-order valence-electron chi connectivity index (χ4n) is 5.22. The first-order valence-corrected chi connectivity index (χ1v) is 10.1. The van der Waals surface area contributed by atoms with Crippen molar-refractivity contribution in [2.24, 2.45) is 11.8 Å². The Morgan fingerprint density at radius 2 is 2.03 bits per heavy atom. The van der Waals surface area contributed by atoms with E-state index in [0.717, 1.165) is 18.9 Å². The van der Waals surface area contributed by atoms with Crippen LogP contribution in [0.1, 0.15) is 38.8 Å². The molecule has 0 bridgehead atoms. The third-order valence-electron chi connectivity index (χ3n) is 6.82. The summed E-state index contributed by atoms with van der Waals surface area (Å²) in [6.07, 6.45) is -3.42. The normalized spacial score (nSPS) is 34.6. The molecule has 29 heavy (non-hydrogen) atoms. The number of likely N-dealkylation sites (tertiary alicyclic amines) is 1. The van der Waals surface area contributed by atoms with Crippen molar-refractivity contribution in [2.45, 2.75) is 57.0 Å². The highest BCUT2D eigenvalue weighted by Gasteiger charge is 2.51. The maximum absolute atomic E-state index is 13.6. The molecule has 9 heteroatoms. The molecule has 3 heterocycles. The number of pyridine rings is 1. The summed E-state index contributed by atoms with van der Waals surface area (Å²) >= 11 is 0. The number of rotatable bonds is 2. The van der Waals surface area contributed by atoms with Crippen LogP contribution in [0.2, 0.25) is 0 Å². The number of alkyl halides is 4. The van der Waals surface area contributed by atoms with E-state index in [0.29, 0.717) is 25.3 Å². The predicted molar refractivity (Wildman–Crippen MR) is 100 cm³/mol. The van der Waals surface area contributed by atoms with Gasteiger partial charge in [0.2, 0.25) is 0 Å². The molecule has 0 radical (unpaired) electrons. The lowest BCUT2D eigenvalue weighted by atomic mass is 9.86. The quantitative estimate of drug-likeness (QED) is 0.748. The SMILES string of the molecule is CC1C[C@@H](F)CN1C(=O)N[C@@]1(C)CC[C@@H]2CN(c3cccc(C(F)(F)F)n3)C[C@@H]21. The van der Waals surface area contributed by atoms with Gasteiger partial charge in [-0.1, -0.05) is 6.07 Å². The van der Waals surface area contributed by atoms with E-state index >= 15 is 0 Å². The monoisotopic (exact) mass is 414 g/mol. The highest BCUT2D eigenvalue weighted by Crippen LogP contribution is 2.46. The summed E-state index contributed by atoms with van der Waals surface area (Å²) in [5.41, 5.74) is -1.36. The molecule has 2 aliphatic heterocycles. The van der Waals surface area contributed by atoms with Gasteiger partial charge in [0.05, 0.1) is 6.54 Å². The van der Waals surface area contributed by atoms with Crippen LogP contribution in [-0.4, -0.2) is 53.3 Å². The van der Waals surface area contributed by atoms with Crippen LogP contribution in [0.4, 0.5) is 28.2 Å². The van der Waals surface area contributed by atoms with Crippen molar-refractivity contribution in [3.63, 3.8) is 0 Å². The van der Waals surface area contributed by atoms with Crippen LogP contribution in [0.3, 0.4) is 0 Å². The predicted octanol–water partition coefficient (Wildman–Crippen LogP) is 3.85. The summed E-state index contributed by atoms with van der Waals surface area (Å²) in [5, 5.41) is 3.12. The number of carbonyl (C=O) groups is 1. The van der Waals surface area contributed by atoms with Crippen LogP contribution in [0.25, 0.3) is 0 Å².